The molecular weight excluding hydrogens is 355 g/mol. The number of aromatic nitrogens is 1. The maximum atomic E-state index is 13.6. The number of para-hydroxylation sites is 1. The molecule has 144 valence electrons. The maximum absolute atomic E-state index is 13.6. The molecular formula is C21H23FN6. The van der Waals surface area contributed by atoms with Gasteiger partial charge >= 0.3 is 0 Å². The largest absolute Gasteiger partial charge is 0.370 e. The summed E-state index contributed by atoms with van der Waals surface area (Å²) in [4.78, 5) is 7.54. The van der Waals surface area contributed by atoms with Crippen LogP contribution in [-0.2, 0) is 0 Å². The standard InChI is InChI=1S/C21H23FN6/c1-14-10-17(12-26-20(14)22)18-5-3-4-16(11-23)19(18)28-8-6-15(7-9-28)21(25)27(2)13-24/h3-5,10,12-13,15,24-25H,6-9H2,1-2H3. The lowest BCUT2D eigenvalue weighted by Crippen LogP contribution is -2.41. The fraction of sp³-hybridized carbons (Fsp3) is 0.333. The highest BCUT2D eigenvalue weighted by Crippen LogP contribution is 2.36. The Bertz CT molecular complexity index is 940. The first-order valence-electron chi connectivity index (χ1n) is 9.18. The Kier molecular flexibility index (Phi) is 5.69. The van der Waals surface area contributed by atoms with E-state index in [2.05, 4.69) is 16.0 Å². The highest BCUT2D eigenvalue weighted by atomic mass is 19.1. The highest BCUT2D eigenvalue weighted by molar-refractivity contribution is 5.90. The summed E-state index contributed by atoms with van der Waals surface area (Å²) in [5.74, 6) is 0.0495. The number of benzene rings is 1. The minimum absolute atomic E-state index is 0.0929. The normalized spacial score (nSPS) is 14.4. The van der Waals surface area contributed by atoms with Crippen molar-refractivity contribution < 1.29 is 4.39 Å². The van der Waals surface area contributed by atoms with E-state index < -0.39 is 5.95 Å². The van der Waals surface area contributed by atoms with Gasteiger partial charge in [-0.2, -0.15) is 9.65 Å². The van der Waals surface area contributed by atoms with Gasteiger partial charge in [0.1, 0.15) is 11.9 Å². The Morgan fingerprint density at radius 2 is 2.11 bits per heavy atom. The van der Waals surface area contributed by atoms with Gasteiger partial charge < -0.3 is 9.80 Å². The number of hydrogen-bond acceptors (Lipinski definition) is 5. The zero-order valence-corrected chi connectivity index (χ0v) is 16.0. The number of halogens is 1. The molecule has 2 N–H and O–H groups in total. The molecule has 0 unspecified atom stereocenters. The van der Waals surface area contributed by atoms with Gasteiger partial charge in [0.25, 0.3) is 0 Å². The van der Waals surface area contributed by atoms with E-state index in [-0.39, 0.29) is 5.92 Å². The Hall–Kier alpha value is -3.27. The zero-order valence-electron chi connectivity index (χ0n) is 16.0. The van der Waals surface area contributed by atoms with E-state index in [9.17, 15) is 9.65 Å². The van der Waals surface area contributed by atoms with Crippen LogP contribution >= 0.6 is 0 Å². The molecule has 0 radical (unpaired) electrons. The average molecular weight is 378 g/mol. The summed E-state index contributed by atoms with van der Waals surface area (Å²) in [6.07, 6.45) is 4.21. The molecule has 1 aliphatic heterocycles. The number of pyridine rings is 1. The number of aryl methyl sites for hydroxylation is 1. The van der Waals surface area contributed by atoms with E-state index in [0.29, 0.717) is 30.1 Å². The van der Waals surface area contributed by atoms with Gasteiger partial charge in [0, 0.05) is 48.9 Å². The average Bonchev–Trinajstić information content (AvgIpc) is 2.74. The number of nitrogens with zero attached hydrogens (tertiary/aromatic N) is 4. The summed E-state index contributed by atoms with van der Waals surface area (Å²) in [7, 11) is 1.72. The molecule has 0 spiro atoms. The molecule has 0 bridgehead atoms. The number of nitriles is 1. The Morgan fingerprint density at radius 1 is 1.39 bits per heavy atom. The monoisotopic (exact) mass is 378 g/mol. The van der Waals surface area contributed by atoms with Crippen molar-refractivity contribution in [3.8, 4) is 17.2 Å². The minimum atomic E-state index is -0.489. The third-order valence-corrected chi connectivity index (χ3v) is 5.25. The molecule has 3 rings (SSSR count). The third kappa shape index (κ3) is 3.72. The van der Waals surface area contributed by atoms with Crippen molar-refractivity contribution in [3.63, 3.8) is 0 Å². The molecule has 2 heterocycles. The van der Waals surface area contributed by atoms with Crippen LogP contribution in [-0.4, -0.2) is 42.2 Å². The number of rotatable bonds is 4. The molecule has 0 amide bonds. The summed E-state index contributed by atoms with van der Waals surface area (Å²) in [5.41, 5.74) is 3.52. The van der Waals surface area contributed by atoms with Crippen molar-refractivity contribution in [3.05, 3.63) is 47.5 Å². The zero-order chi connectivity index (χ0) is 20.3. The van der Waals surface area contributed by atoms with Crippen molar-refractivity contribution >= 4 is 17.9 Å². The summed E-state index contributed by atoms with van der Waals surface area (Å²) in [5, 5.41) is 25.2. The fourth-order valence-corrected chi connectivity index (χ4v) is 3.65. The van der Waals surface area contributed by atoms with Crippen molar-refractivity contribution in [2.24, 2.45) is 5.92 Å². The maximum Gasteiger partial charge on any atom is 0.215 e. The predicted octanol–water partition coefficient (Wildman–Crippen LogP) is 3.80. The molecule has 1 fully saturated rings. The van der Waals surface area contributed by atoms with E-state index in [1.54, 1.807) is 26.1 Å². The molecule has 1 aromatic heterocycles. The molecule has 0 aliphatic carbocycles. The van der Waals surface area contributed by atoms with Gasteiger partial charge in [-0.15, -0.1) is 0 Å². The van der Waals surface area contributed by atoms with Gasteiger partial charge in [-0.1, -0.05) is 12.1 Å². The Balaban J connectivity index is 1.92. The smallest absolute Gasteiger partial charge is 0.215 e. The molecule has 7 heteroatoms. The summed E-state index contributed by atoms with van der Waals surface area (Å²) >= 11 is 0. The van der Waals surface area contributed by atoms with E-state index in [1.165, 1.54) is 11.1 Å². The van der Waals surface area contributed by atoms with Crippen LogP contribution in [0.4, 0.5) is 10.1 Å². The second kappa shape index (κ2) is 8.17. The number of nitrogens with one attached hydrogen (secondary N) is 2. The molecule has 2 aromatic rings. The van der Waals surface area contributed by atoms with Crippen LogP contribution in [0.3, 0.4) is 0 Å². The predicted molar refractivity (Wildman–Crippen MR) is 108 cm³/mol. The Labute approximate surface area is 164 Å². The van der Waals surface area contributed by atoms with Gasteiger partial charge in [0.15, 0.2) is 0 Å². The van der Waals surface area contributed by atoms with Gasteiger partial charge in [0.2, 0.25) is 5.95 Å². The van der Waals surface area contributed by atoms with Crippen molar-refractivity contribution in [1.29, 1.82) is 16.1 Å². The summed E-state index contributed by atoms with van der Waals surface area (Å²) in [6.45, 7) is 3.09. The second-order valence-corrected chi connectivity index (χ2v) is 7.03. The lowest BCUT2D eigenvalue weighted by molar-refractivity contribution is 0.473. The molecule has 1 saturated heterocycles. The number of piperidine rings is 1. The van der Waals surface area contributed by atoms with Crippen LogP contribution in [0.1, 0.15) is 24.0 Å². The fourth-order valence-electron chi connectivity index (χ4n) is 3.65. The van der Waals surface area contributed by atoms with Gasteiger partial charge in [0.05, 0.1) is 17.6 Å². The van der Waals surface area contributed by atoms with Crippen LogP contribution < -0.4 is 4.90 Å². The topological polar surface area (TPSA) is 90.9 Å². The number of hydrogen-bond donors (Lipinski definition) is 2. The summed E-state index contributed by atoms with van der Waals surface area (Å²) in [6, 6.07) is 9.58. The highest BCUT2D eigenvalue weighted by Gasteiger charge is 2.27. The summed E-state index contributed by atoms with van der Waals surface area (Å²) < 4.78 is 13.6. The molecule has 28 heavy (non-hydrogen) atoms. The third-order valence-electron chi connectivity index (χ3n) is 5.25. The van der Waals surface area contributed by atoms with E-state index >= 15 is 0 Å². The first kappa shape index (κ1) is 19.5. The second-order valence-electron chi connectivity index (χ2n) is 7.03. The van der Waals surface area contributed by atoms with Gasteiger partial charge in [-0.3, -0.25) is 10.8 Å². The molecule has 1 aliphatic rings. The van der Waals surface area contributed by atoms with E-state index in [0.717, 1.165) is 36.0 Å². The first-order valence-corrected chi connectivity index (χ1v) is 9.18. The first-order chi connectivity index (χ1) is 13.5. The lowest BCUT2D eigenvalue weighted by Gasteiger charge is -2.36. The molecule has 0 saturated carbocycles. The number of amidine groups is 1. The van der Waals surface area contributed by atoms with Crippen molar-refractivity contribution in [2.45, 2.75) is 19.8 Å². The van der Waals surface area contributed by atoms with E-state index in [1.807, 2.05) is 12.1 Å². The van der Waals surface area contributed by atoms with Crippen molar-refractivity contribution in [2.75, 3.05) is 25.0 Å². The Morgan fingerprint density at radius 3 is 2.71 bits per heavy atom. The van der Waals surface area contributed by atoms with Crippen molar-refractivity contribution in [1.82, 2.24) is 9.88 Å². The molecule has 6 nitrogen and oxygen atoms in total. The van der Waals surface area contributed by atoms with Crippen LogP contribution in [0.25, 0.3) is 11.1 Å². The molecule has 0 atom stereocenters. The number of anilines is 1. The quantitative estimate of drug-likeness (QED) is 0.481. The van der Waals surface area contributed by atoms with Gasteiger partial charge in [-0.25, -0.2) is 4.98 Å². The van der Waals surface area contributed by atoms with Crippen LogP contribution in [0.15, 0.2) is 30.5 Å². The van der Waals surface area contributed by atoms with Crippen LogP contribution in [0.5, 0.6) is 0 Å². The van der Waals surface area contributed by atoms with Crippen LogP contribution in [0.2, 0.25) is 0 Å². The van der Waals surface area contributed by atoms with E-state index in [4.69, 9.17) is 10.8 Å². The molecule has 1 aromatic carbocycles. The lowest BCUT2D eigenvalue weighted by atomic mass is 9.92. The minimum Gasteiger partial charge on any atom is -0.370 e. The SMILES string of the molecule is Cc1cc(-c2cccc(C#N)c2N2CCC(C(=N)N(C)C=N)CC2)cnc1F. The van der Waals surface area contributed by atoms with Gasteiger partial charge in [-0.05, 0) is 31.9 Å². The van der Waals surface area contributed by atoms with Crippen LogP contribution in [0, 0.1) is 40.9 Å².